The van der Waals surface area contributed by atoms with E-state index in [1.165, 1.54) is 23.0 Å². The molecule has 1 saturated carbocycles. The number of carbonyl (C=O) groups is 2. The second-order valence-corrected chi connectivity index (χ2v) is 7.09. The highest BCUT2D eigenvalue weighted by Crippen LogP contribution is 2.34. The van der Waals surface area contributed by atoms with Crippen molar-refractivity contribution in [3.8, 4) is 0 Å². The number of halogens is 3. The van der Waals surface area contributed by atoms with E-state index >= 15 is 0 Å². The normalized spacial score (nSPS) is 14.1. The van der Waals surface area contributed by atoms with Crippen LogP contribution < -0.4 is 5.32 Å². The summed E-state index contributed by atoms with van der Waals surface area (Å²) in [5.41, 5.74) is -0.460. The maximum Gasteiger partial charge on any atom is 0.416 e. The zero-order valence-electron chi connectivity index (χ0n) is 16.7. The molecule has 0 bridgehead atoms. The molecular weight excluding hydrogens is 401 g/mol. The van der Waals surface area contributed by atoms with E-state index in [1.807, 2.05) is 0 Å². The number of alkyl halides is 3. The Balaban J connectivity index is 1.73. The Hall–Kier alpha value is -2.88. The Morgan fingerprint density at radius 3 is 2.63 bits per heavy atom. The van der Waals surface area contributed by atoms with Gasteiger partial charge in [-0.25, -0.2) is 4.79 Å². The first-order chi connectivity index (χ1) is 14.2. The number of aromatic nitrogens is 2. The van der Waals surface area contributed by atoms with Crippen LogP contribution in [0.15, 0.2) is 30.5 Å². The van der Waals surface area contributed by atoms with Gasteiger partial charge in [-0.05, 0) is 31.4 Å². The van der Waals surface area contributed by atoms with E-state index in [0.29, 0.717) is 0 Å². The third-order valence-corrected chi connectivity index (χ3v) is 4.80. The first-order valence-corrected chi connectivity index (χ1v) is 9.58. The van der Waals surface area contributed by atoms with Gasteiger partial charge in [0.05, 0.1) is 24.9 Å². The number of carbonyl (C=O) groups excluding carboxylic acids is 2. The van der Waals surface area contributed by atoms with Crippen LogP contribution in [-0.4, -0.2) is 45.8 Å². The van der Waals surface area contributed by atoms with Crippen molar-refractivity contribution in [3.63, 3.8) is 0 Å². The number of esters is 1. The van der Waals surface area contributed by atoms with E-state index in [0.717, 1.165) is 18.9 Å². The SMILES string of the molecule is CCOC(=O)c1cnn(C)c1NC(=O)CN(Cc1ccccc1C(F)(F)F)C1CC1. The van der Waals surface area contributed by atoms with Crippen molar-refractivity contribution in [1.82, 2.24) is 14.7 Å². The predicted molar refractivity (Wildman–Crippen MR) is 103 cm³/mol. The van der Waals surface area contributed by atoms with Gasteiger partial charge in [0.2, 0.25) is 5.91 Å². The Morgan fingerprint density at radius 2 is 2.00 bits per heavy atom. The summed E-state index contributed by atoms with van der Waals surface area (Å²) in [5, 5.41) is 6.61. The number of aryl methyl sites for hydroxylation is 1. The highest BCUT2D eigenvalue weighted by Gasteiger charge is 2.36. The van der Waals surface area contributed by atoms with Crippen molar-refractivity contribution in [1.29, 1.82) is 0 Å². The fourth-order valence-electron chi connectivity index (χ4n) is 3.21. The largest absolute Gasteiger partial charge is 0.462 e. The molecule has 30 heavy (non-hydrogen) atoms. The number of amides is 1. The zero-order valence-corrected chi connectivity index (χ0v) is 16.7. The first-order valence-electron chi connectivity index (χ1n) is 9.58. The minimum atomic E-state index is -4.46. The van der Waals surface area contributed by atoms with E-state index in [9.17, 15) is 22.8 Å². The molecule has 1 N–H and O–H groups in total. The van der Waals surface area contributed by atoms with E-state index < -0.39 is 23.6 Å². The number of ether oxygens (including phenoxy) is 1. The zero-order chi connectivity index (χ0) is 21.9. The molecule has 3 rings (SSSR count). The van der Waals surface area contributed by atoms with Crippen molar-refractivity contribution < 1.29 is 27.5 Å². The quantitative estimate of drug-likeness (QED) is 0.659. The summed E-state index contributed by atoms with van der Waals surface area (Å²) >= 11 is 0. The number of hydrogen-bond acceptors (Lipinski definition) is 5. The summed E-state index contributed by atoms with van der Waals surface area (Å²) in [6.45, 7) is 1.74. The summed E-state index contributed by atoms with van der Waals surface area (Å²) < 4.78 is 46.2. The van der Waals surface area contributed by atoms with Gasteiger partial charge in [0.15, 0.2) is 0 Å². The monoisotopic (exact) mass is 424 g/mol. The van der Waals surface area contributed by atoms with E-state index in [1.54, 1.807) is 24.9 Å². The molecule has 1 aliphatic carbocycles. The minimum Gasteiger partial charge on any atom is -0.462 e. The molecule has 162 valence electrons. The van der Waals surface area contributed by atoms with Crippen LogP contribution in [0.4, 0.5) is 19.0 Å². The highest BCUT2D eigenvalue weighted by atomic mass is 19.4. The topological polar surface area (TPSA) is 76.5 Å². The lowest BCUT2D eigenvalue weighted by molar-refractivity contribution is -0.138. The molecule has 1 heterocycles. The summed E-state index contributed by atoms with van der Waals surface area (Å²) in [6.07, 6.45) is -1.52. The van der Waals surface area contributed by atoms with E-state index in [-0.39, 0.29) is 42.7 Å². The molecule has 1 fully saturated rings. The Labute approximate surface area is 171 Å². The van der Waals surface area contributed by atoms with E-state index in [4.69, 9.17) is 4.74 Å². The Bertz CT molecular complexity index is 922. The Morgan fingerprint density at radius 1 is 1.30 bits per heavy atom. The van der Waals surface area contributed by atoms with Gasteiger partial charge in [-0.1, -0.05) is 18.2 Å². The molecule has 0 atom stereocenters. The highest BCUT2D eigenvalue weighted by molar-refractivity contribution is 6.00. The molecule has 0 unspecified atom stereocenters. The summed E-state index contributed by atoms with van der Waals surface area (Å²) in [5.74, 6) is -0.871. The molecule has 7 nitrogen and oxygen atoms in total. The van der Waals surface area contributed by atoms with Crippen LogP contribution in [0, 0.1) is 0 Å². The number of benzene rings is 1. The average Bonchev–Trinajstić information content (AvgIpc) is 3.46. The maximum atomic E-state index is 13.3. The molecule has 10 heteroatoms. The number of rotatable bonds is 8. The van der Waals surface area contributed by atoms with Crippen molar-refractivity contribution in [3.05, 3.63) is 47.2 Å². The van der Waals surface area contributed by atoms with Crippen molar-refractivity contribution in [2.75, 3.05) is 18.5 Å². The van der Waals surface area contributed by atoms with Crippen molar-refractivity contribution in [2.45, 2.75) is 38.5 Å². The maximum absolute atomic E-state index is 13.3. The lowest BCUT2D eigenvalue weighted by Crippen LogP contribution is -2.35. The number of nitrogens with zero attached hydrogens (tertiary/aromatic N) is 3. The van der Waals surface area contributed by atoms with Crippen LogP contribution in [0.1, 0.15) is 41.3 Å². The number of anilines is 1. The van der Waals surface area contributed by atoms with Gasteiger partial charge in [-0.2, -0.15) is 18.3 Å². The lowest BCUT2D eigenvalue weighted by Gasteiger charge is -2.23. The standard InChI is InChI=1S/C20H23F3N4O3/c1-3-30-19(29)15-10-24-26(2)18(15)25-17(28)12-27(14-8-9-14)11-13-6-4-5-7-16(13)20(21,22)23/h4-7,10,14H,3,8-9,11-12H2,1-2H3,(H,25,28). The van der Waals surface area contributed by atoms with Crippen LogP contribution in [-0.2, 0) is 29.3 Å². The second-order valence-electron chi connectivity index (χ2n) is 7.09. The minimum absolute atomic E-state index is 0.00386. The van der Waals surface area contributed by atoms with Gasteiger partial charge in [0, 0.05) is 19.6 Å². The third-order valence-electron chi connectivity index (χ3n) is 4.80. The molecule has 1 amide bonds. The number of nitrogens with one attached hydrogen (secondary N) is 1. The summed E-state index contributed by atoms with van der Waals surface area (Å²) in [7, 11) is 1.57. The van der Waals surface area contributed by atoms with Crippen molar-refractivity contribution >= 4 is 17.7 Å². The van der Waals surface area contributed by atoms with Gasteiger partial charge < -0.3 is 10.1 Å². The molecule has 1 aromatic heterocycles. The fraction of sp³-hybridized carbons (Fsp3) is 0.450. The van der Waals surface area contributed by atoms with Gasteiger partial charge in [0.25, 0.3) is 0 Å². The first kappa shape index (κ1) is 21.8. The van der Waals surface area contributed by atoms with Crippen LogP contribution in [0.5, 0.6) is 0 Å². The molecule has 2 aromatic rings. The smallest absolute Gasteiger partial charge is 0.416 e. The molecule has 0 saturated heterocycles. The van der Waals surface area contributed by atoms with Crippen LogP contribution in [0.2, 0.25) is 0 Å². The predicted octanol–water partition coefficient (Wildman–Crippen LogP) is 3.22. The van der Waals surface area contributed by atoms with Crippen LogP contribution in [0.3, 0.4) is 0 Å². The third kappa shape index (κ3) is 5.18. The molecular formula is C20H23F3N4O3. The molecule has 0 radical (unpaired) electrons. The van der Waals surface area contributed by atoms with Gasteiger partial charge in [-0.3, -0.25) is 14.4 Å². The van der Waals surface area contributed by atoms with Gasteiger partial charge >= 0.3 is 12.1 Å². The van der Waals surface area contributed by atoms with Gasteiger partial charge in [0.1, 0.15) is 11.4 Å². The molecule has 0 aliphatic heterocycles. The lowest BCUT2D eigenvalue weighted by atomic mass is 10.1. The molecule has 1 aromatic carbocycles. The average molecular weight is 424 g/mol. The Kier molecular flexibility index (Phi) is 6.45. The summed E-state index contributed by atoms with van der Waals surface area (Å²) in [4.78, 5) is 26.4. The van der Waals surface area contributed by atoms with Crippen LogP contribution >= 0.6 is 0 Å². The number of hydrogen-bond donors (Lipinski definition) is 1. The molecule has 0 spiro atoms. The summed E-state index contributed by atoms with van der Waals surface area (Å²) in [6, 6.07) is 5.42. The van der Waals surface area contributed by atoms with Crippen LogP contribution in [0.25, 0.3) is 0 Å². The fourth-order valence-corrected chi connectivity index (χ4v) is 3.21. The van der Waals surface area contributed by atoms with E-state index in [2.05, 4.69) is 10.4 Å². The van der Waals surface area contributed by atoms with Gasteiger partial charge in [-0.15, -0.1) is 0 Å². The second kappa shape index (κ2) is 8.86. The molecule has 1 aliphatic rings. The van der Waals surface area contributed by atoms with Crippen molar-refractivity contribution in [2.24, 2.45) is 7.05 Å².